The average Bonchev–Trinajstić information content (AvgIpc) is 0.921. The molecule has 0 bridgehead atoms. The smallest absolute Gasteiger partial charge is 0.462 e. The lowest BCUT2D eigenvalue weighted by Crippen LogP contribution is -2.30. The summed E-state index contributed by atoms with van der Waals surface area (Å²) in [6.07, 6.45) is 70.6. The van der Waals surface area contributed by atoms with Gasteiger partial charge in [-0.2, -0.15) is 0 Å². The van der Waals surface area contributed by atoms with Crippen molar-refractivity contribution in [1.29, 1.82) is 0 Å². The predicted molar refractivity (Wildman–Crippen MR) is 419 cm³/mol. The summed E-state index contributed by atoms with van der Waals surface area (Å²) in [5.74, 6) is -2.10. The molecule has 0 aromatic rings. The molecule has 0 rings (SSSR count). The number of hydrogen-bond acceptors (Lipinski definition) is 15. The van der Waals surface area contributed by atoms with Crippen molar-refractivity contribution < 1.29 is 80.2 Å². The molecular weight excluding hydrogens is 1330 g/mol. The molecular formula is C83H162O17P2. The van der Waals surface area contributed by atoms with E-state index in [2.05, 4.69) is 27.7 Å². The fourth-order valence-corrected chi connectivity index (χ4v) is 14.6. The van der Waals surface area contributed by atoms with Gasteiger partial charge in [0, 0.05) is 25.7 Å². The van der Waals surface area contributed by atoms with Gasteiger partial charge in [-0.25, -0.2) is 9.13 Å². The fourth-order valence-electron chi connectivity index (χ4n) is 13.0. The van der Waals surface area contributed by atoms with Crippen molar-refractivity contribution in [2.45, 2.75) is 470 Å². The van der Waals surface area contributed by atoms with Crippen LogP contribution in [0, 0.1) is 0 Å². The van der Waals surface area contributed by atoms with E-state index in [1.165, 1.54) is 283 Å². The fraction of sp³-hybridized carbons (Fsp3) is 0.952. The van der Waals surface area contributed by atoms with E-state index in [4.69, 9.17) is 37.0 Å². The van der Waals surface area contributed by atoms with Gasteiger partial charge < -0.3 is 33.8 Å². The van der Waals surface area contributed by atoms with Gasteiger partial charge in [0.25, 0.3) is 0 Å². The minimum absolute atomic E-state index is 0.109. The molecule has 0 amide bonds. The lowest BCUT2D eigenvalue weighted by molar-refractivity contribution is -0.161. The van der Waals surface area contributed by atoms with Crippen molar-refractivity contribution >= 4 is 39.5 Å². The molecule has 0 spiro atoms. The van der Waals surface area contributed by atoms with Crippen LogP contribution >= 0.6 is 15.6 Å². The van der Waals surface area contributed by atoms with Crippen LogP contribution in [0.1, 0.15) is 451 Å². The van der Waals surface area contributed by atoms with Crippen LogP contribution in [0.4, 0.5) is 0 Å². The Labute approximate surface area is 626 Å². The molecule has 0 aromatic carbocycles. The Morgan fingerprint density at radius 3 is 0.578 bits per heavy atom. The predicted octanol–water partition coefficient (Wildman–Crippen LogP) is 25.4. The van der Waals surface area contributed by atoms with Gasteiger partial charge in [0.05, 0.1) is 26.4 Å². The second-order valence-corrected chi connectivity index (χ2v) is 32.8. The van der Waals surface area contributed by atoms with E-state index >= 15 is 0 Å². The van der Waals surface area contributed by atoms with Crippen LogP contribution in [-0.4, -0.2) is 96.7 Å². The number of carbonyl (C=O) groups excluding carboxylic acids is 4. The average molecular weight is 1490 g/mol. The Bertz CT molecular complexity index is 1930. The van der Waals surface area contributed by atoms with Crippen LogP contribution in [0.5, 0.6) is 0 Å². The maximum absolute atomic E-state index is 13.1. The van der Waals surface area contributed by atoms with Gasteiger partial charge in [0.2, 0.25) is 0 Å². The number of ether oxygens (including phenoxy) is 4. The monoisotopic (exact) mass is 1490 g/mol. The zero-order valence-corrected chi connectivity index (χ0v) is 68.4. The number of hydrogen-bond donors (Lipinski definition) is 3. The van der Waals surface area contributed by atoms with Gasteiger partial charge in [-0.05, 0) is 25.7 Å². The number of phosphoric ester groups is 2. The molecule has 0 radical (unpaired) electrons. The van der Waals surface area contributed by atoms with Gasteiger partial charge in [0.1, 0.15) is 19.3 Å². The standard InChI is InChI=1S/C83H162O17P2/c1-5-9-13-17-21-25-29-33-36-38-40-43-46-50-54-58-62-66-70-83(88)100-79(74-94-81(86)68-64-60-56-52-48-44-42-39-37-34-30-26-22-18-14-10-6-2)76-98-102(91,92)96-72-77(84)71-95-101(89,90)97-75-78(73-93-80(85)67-63-59-55-51-47-32-28-24-20-16-12-8-4)99-82(87)69-65-61-57-53-49-45-41-35-31-27-23-19-15-11-7-3/h77-79,84H,5-76H2,1-4H3,(H,89,90)(H,91,92)/t77-,78+,79+/m0/s1. The van der Waals surface area contributed by atoms with Crippen molar-refractivity contribution in [3.8, 4) is 0 Å². The first-order valence-electron chi connectivity index (χ1n) is 43.3. The van der Waals surface area contributed by atoms with Crippen LogP contribution in [0.15, 0.2) is 0 Å². The molecule has 0 saturated heterocycles. The van der Waals surface area contributed by atoms with Gasteiger partial charge in [-0.3, -0.25) is 37.3 Å². The van der Waals surface area contributed by atoms with Crippen LogP contribution in [0.3, 0.4) is 0 Å². The molecule has 0 fully saturated rings. The summed E-state index contributed by atoms with van der Waals surface area (Å²) in [7, 11) is -9.92. The van der Waals surface area contributed by atoms with Crippen molar-refractivity contribution in [1.82, 2.24) is 0 Å². The van der Waals surface area contributed by atoms with Crippen molar-refractivity contribution in [3.05, 3.63) is 0 Å². The second-order valence-electron chi connectivity index (χ2n) is 29.9. The van der Waals surface area contributed by atoms with Crippen LogP contribution < -0.4 is 0 Å². The van der Waals surface area contributed by atoms with E-state index in [1.807, 2.05) is 0 Å². The quantitative estimate of drug-likeness (QED) is 0.0222. The molecule has 102 heavy (non-hydrogen) atoms. The number of carbonyl (C=O) groups is 4. The largest absolute Gasteiger partial charge is 0.472 e. The Balaban J connectivity index is 5.25. The van der Waals surface area contributed by atoms with Crippen LogP contribution in [0.25, 0.3) is 0 Å². The highest BCUT2D eigenvalue weighted by Crippen LogP contribution is 2.45. The number of aliphatic hydroxyl groups excluding tert-OH is 1. The molecule has 19 heteroatoms. The Morgan fingerprint density at radius 2 is 0.392 bits per heavy atom. The molecule has 0 aliphatic carbocycles. The molecule has 0 heterocycles. The highest BCUT2D eigenvalue weighted by Gasteiger charge is 2.30. The third-order valence-corrected chi connectivity index (χ3v) is 21.5. The van der Waals surface area contributed by atoms with Gasteiger partial charge in [0.15, 0.2) is 12.2 Å². The Morgan fingerprint density at radius 1 is 0.235 bits per heavy atom. The molecule has 17 nitrogen and oxygen atoms in total. The third kappa shape index (κ3) is 76.3. The highest BCUT2D eigenvalue weighted by molar-refractivity contribution is 7.47. The normalized spacial score (nSPS) is 13.8. The number of esters is 4. The summed E-state index contributed by atoms with van der Waals surface area (Å²) < 4.78 is 68.8. The summed E-state index contributed by atoms with van der Waals surface area (Å²) in [5, 5.41) is 10.7. The van der Waals surface area contributed by atoms with Crippen LogP contribution in [-0.2, 0) is 65.4 Å². The lowest BCUT2D eigenvalue weighted by atomic mass is 10.0. The van der Waals surface area contributed by atoms with Crippen molar-refractivity contribution in [2.75, 3.05) is 39.6 Å². The van der Waals surface area contributed by atoms with E-state index in [1.54, 1.807) is 0 Å². The number of rotatable bonds is 84. The first-order valence-corrected chi connectivity index (χ1v) is 46.3. The SMILES string of the molecule is CCCCCCCCCCCCCCCCCCCCC(=O)O[C@H](COC(=O)CCCCCCCCCCCCCCCCCCC)COP(=O)(O)OC[C@@H](O)COP(=O)(O)OC[C@@H](COC(=O)CCCCCCCCCCCCCC)OC(=O)CCCCCCCCCCCCCCCCC. The van der Waals surface area contributed by atoms with E-state index in [0.29, 0.717) is 25.7 Å². The summed E-state index contributed by atoms with van der Waals surface area (Å²) in [5.41, 5.74) is 0. The third-order valence-electron chi connectivity index (χ3n) is 19.6. The molecule has 3 N–H and O–H groups in total. The number of unbranched alkanes of at least 4 members (excludes halogenated alkanes) is 58. The van der Waals surface area contributed by atoms with E-state index in [9.17, 15) is 43.2 Å². The Hall–Kier alpha value is -1.94. The Kier molecular flexibility index (Phi) is 75.8. The maximum atomic E-state index is 13.1. The summed E-state index contributed by atoms with van der Waals surface area (Å²) in [6.45, 7) is 5.05. The minimum atomic E-state index is -4.96. The first-order chi connectivity index (χ1) is 49.7. The molecule has 0 aromatic heterocycles. The van der Waals surface area contributed by atoms with Gasteiger partial charge in [-0.15, -0.1) is 0 Å². The van der Waals surface area contributed by atoms with E-state index in [-0.39, 0.29) is 25.7 Å². The minimum Gasteiger partial charge on any atom is -0.462 e. The molecule has 0 aliphatic rings. The molecule has 606 valence electrons. The highest BCUT2D eigenvalue weighted by atomic mass is 31.2. The van der Waals surface area contributed by atoms with Crippen molar-refractivity contribution in [2.24, 2.45) is 0 Å². The lowest BCUT2D eigenvalue weighted by Gasteiger charge is -2.21. The summed E-state index contributed by atoms with van der Waals surface area (Å²) >= 11 is 0. The maximum Gasteiger partial charge on any atom is 0.472 e. The molecule has 0 aliphatic heterocycles. The summed E-state index contributed by atoms with van der Waals surface area (Å²) in [4.78, 5) is 73.1. The zero-order chi connectivity index (χ0) is 74.6. The van der Waals surface area contributed by atoms with Gasteiger partial charge in [-0.1, -0.05) is 400 Å². The van der Waals surface area contributed by atoms with E-state index < -0.39 is 97.5 Å². The van der Waals surface area contributed by atoms with Gasteiger partial charge >= 0.3 is 39.5 Å². The summed E-state index contributed by atoms with van der Waals surface area (Å²) in [6, 6.07) is 0. The van der Waals surface area contributed by atoms with Crippen LogP contribution in [0.2, 0.25) is 0 Å². The molecule has 2 unspecified atom stereocenters. The first kappa shape index (κ1) is 100. The van der Waals surface area contributed by atoms with Crippen molar-refractivity contribution in [3.63, 3.8) is 0 Å². The topological polar surface area (TPSA) is 237 Å². The molecule has 0 saturated carbocycles. The second kappa shape index (κ2) is 77.2. The molecule has 5 atom stereocenters. The van der Waals surface area contributed by atoms with E-state index in [0.717, 1.165) is 89.9 Å². The number of aliphatic hydroxyl groups is 1. The number of phosphoric acid groups is 2. The zero-order valence-electron chi connectivity index (χ0n) is 66.6.